The number of rotatable bonds is 1. The summed E-state index contributed by atoms with van der Waals surface area (Å²) < 4.78 is 11.2. The fourth-order valence-corrected chi connectivity index (χ4v) is 2.58. The molecule has 0 unspecified atom stereocenters. The van der Waals surface area contributed by atoms with Crippen molar-refractivity contribution in [2.24, 2.45) is 0 Å². The van der Waals surface area contributed by atoms with E-state index in [-0.39, 0.29) is 5.56 Å². The average Bonchev–Trinajstić information content (AvgIpc) is 2.87. The Morgan fingerprint density at radius 2 is 1.85 bits per heavy atom. The van der Waals surface area contributed by atoms with Gasteiger partial charge >= 0.3 is 5.69 Å². The van der Waals surface area contributed by atoms with Crippen LogP contribution in [-0.4, -0.2) is 52.9 Å². The van der Waals surface area contributed by atoms with Gasteiger partial charge in [0.2, 0.25) is 0 Å². The highest BCUT2D eigenvalue weighted by Gasteiger charge is 2.41. The molecule has 0 saturated carbocycles. The molecule has 1 aromatic heterocycles. The van der Waals surface area contributed by atoms with Crippen LogP contribution in [0.3, 0.4) is 0 Å². The molecule has 3 rings (SSSR count). The van der Waals surface area contributed by atoms with Gasteiger partial charge in [-0.3, -0.25) is 14.6 Å². The van der Waals surface area contributed by atoms with Crippen molar-refractivity contribution in [3.63, 3.8) is 0 Å². The highest BCUT2D eigenvalue weighted by atomic mass is 16.7. The van der Waals surface area contributed by atoms with Gasteiger partial charge in [-0.2, -0.15) is 0 Å². The highest BCUT2D eigenvalue weighted by Crippen LogP contribution is 2.31. The Kier molecular flexibility index (Phi) is 3.19. The molecule has 2 aliphatic rings. The van der Waals surface area contributed by atoms with Crippen molar-refractivity contribution in [3.05, 3.63) is 32.6 Å². The number of aromatic nitrogens is 2. The summed E-state index contributed by atoms with van der Waals surface area (Å²) in [7, 11) is 0. The first kappa shape index (κ1) is 13.1. The smallest absolute Gasteiger partial charge is 0.325 e. The van der Waals surface area contributed by atoms with Crippen molar-refractivity contribution in [1.29, 1.82) is 0 Å². The second-order valence-electron chi connectivity index (χ2n) is 4.89. The summed E-state index contributed by atoms with van der Waals surface area (Å²) in [5.41, 5.74) is -1.36. The molecule has 8 nitrogen and oxygen atoms in total. The Balaban J connectivity index is 1.73. The van der Waals surface area contributed by atoms with Crippen LogP contribution in [0, 0.1) is 0 Å². The predicted octanol–water partition coefficient (Wildman–Crippen LogP) is -0.958. The average molecular weight is 281 g/mol. The lowest BCUT2D eigenvalue weighted by Gasteiger charge is -2.37. The first-order chi connectivity index (χ1) is 9.60. The number of carbonyl (C=O) groups excluding carboxylic acids is 1. The summed E-state index contributed by atoms with van der Waals surface area (Å²) >= 11 is 0. The zero-order valence-corrected chi connectivity index (χ0v) is 10.8. The third-order valence-corrected chi connectivity index (χ3v) is 3.68. The molecule has 0 radical (unpaired) electrons. The Labute approximate surface area is 113 Å². The van der Waals surface area contributed by atoms with Gasteiger partial charge < -0.3 is 19.4 Å². The molecule has 0 atom stereocenters. The Morgan fingerprint density at radius 3 is 2.45 bits per heavy atom. The van der Waals surface area contributed by atoms with Gasteiger partial charge in [-0.05, 0) is 0 Å². The molecule has 1 aromatic rings. The minimum Gasteiger partial charge on any atom is -0.347 e. The molecule has 0 bridgehead atoms. The van der Waals surface area contributed by atoms with Gasteiger partial charge in [-0.25, -0.2) is 4.79 Å². The van der Waals surface area contributed by atoms with Crippen LogP contribution in [0.2, 0.25) is 0 Å². The van der Waals surface area contributed by atoms with E-state index in [2.05, 4.69) is 4.98 Å². The molecule has 1 amide bonds. The summed E-state index contributed by atoms with van der Waals surface area (Å²) in [5, 5.41) is 0. The van der Waals surface area contributed by atoms with Crippen molar-refractivity contribution in [2.45, 2.75) is 18.6 Å². The zero-order chi connectivity index (χ0) is 14.2. The molecule has 20 heavy (non-hydrogen) atoms. The topological polar surface area (TPSA) is 104 Å². The van der Waals surface area contributed by atoms with E-state index in [1.807, 2.05) is 4.98 Å². The normalized spacial score (nSPS) is 21.3. The fraction of sp³-hybridized carbons (Fsp3) is 0.583. The maximum absolute atomic E-state index is 12.2. The van der Waals surface area contributed by atoms with E-state index in [0.717, 1.165) is 6.20 Å². The number of piperidine rings is 1. The Bertz CT molecular complexity index is 618. The minimum absolute atomic E-state index is 0.0613. The number of aromatic amines is 2. The van der Waals surface area contributed by atoms with Crippen LogP contribution >= 0.6 is 0 Å². The van der Waals surface area contributed by atoms with Crippen molar-refractivity contribution in [2.75, 3.05) is 26.3 Å². The number of likely N-dealkylation sites (tertiary alicyclic amines) is 1. The van der Waals surface area contributed by atoms with Crippen LogP contribution in [0.1, 0.15) is 23.2 Å². The van der Waals surface area contributed by atoms with Crippen molar-refractivity contribution in [3.8, 4) is 0 Å². The number of nitrogens with zero attached hydrogens (tertiary/aromatic N) is 1. The van der Waals surface area contributed by atoms with E-state index in [0.29, 0.717) is 39.1 Å². The van der Waals surface area contributed by atoms with E-state index in [1.165, 1.54) is 0 Å². The number of hydrogen-bond acceptors (Lipinski definition) is 5. The fourth-order valence-electron chi connectivity index (χ4n) is 2.58. The summed E-state index contributed by atoms with van der Waals surface area (Å²) in [6.07, 6.45) is 2.32. The van der Waals surface area contributed by atoms with Crippen molar-refractivity contribution < 1.29 is 14.3 Å². The van der Waals surface area contributed by atoms with E-state index >= 15 is 0 Å². The Hall–Kier alpha value is -1.93. The van der Waals surface area contributed by atoms with Crippen LogP contribution < -0.4 is 11.2 Å². The largest absolute Gasteiger partial charge is 0.347 e. The van der Waals surface area contributed by atoms with E-state index < -0.39 is 22.9 Å². The van der Waals surface area contributed by atoms with Crippen molar-refractivity contribution >= 4 is 5.91 Å². The van der Waals surface area contributed by atoms with Crippen LogP contribution in [-0.2, 0) is 9.47 Å². The molecule has 2 saturated heterocycles. The lowest BCUT2D eigenvalue weighted by Crippen LogP contribution is -2.48. The summed E-state index contributed by atoms with van der Waals surface area (Å²) in [6.45, 7) is 2.07. The molecule has 2 fully saturated rings. The first-order valence-corrected chi connectivity index (χ1v) is 6.49. The number of ether oxygens (including phenoxy) is 2. The highest BCUT2D eigenvalue weighted by molar-refractivity contribution is 5.93. The molecule has 8 heteroatoms. The number of carbonyl (C=O) groups is 1. The Morgan fingerprint density at radius 1 is 1.20 bits per heavy atom. The van der Waals surface area contributed by atoms with Gasteiger partial charge in [0, 0.05) is 32.1 Å². The van der Waals surface area contributed by atoms with E-state index in [1.54, 1.807) is 4.90 Å². The van der Waals surface area contributed by atoms with Crippen LogP contribution in [0.15, 0.2) is 15.8 Å². The molecule has 2 aliphatic heterocycles. The number of hydrogen-bond donors (Lipinski definition) is 2. The predicted molar refractivity (Wildman–Crippen MR) is 67.5 cm³/mol. The third kappa shape index (κ3) is 2.27. The number of nitrogens with one attached hydrogen (secondary N) is 2. The summed E-state index contributed by atoms with van der Waals surface area (Å²) in [6, 6.07) is 0. The van der Waals surface area contributed by atoms with Gasteiger partial charge in [0.25, 0.3) is 11.5 Å². The lowest BCUT2D eigenvalue weighted by atomic mass is 10.0. The maximum atomic E-state index is 12.2. The first-order valence-electron chi connectivity index (χ1n) is 6.49. The second-order valence-corrected chi connectivity index (χ2v) is 4.89. The zero-order valence-electron chi connectivity index (χ0n) is 10.8. The van der Waals surface area contributed by atoms with E-state index in [4.69, 9.17) is 9.47 Å². The SMILES string of the molecule is O=C(c1c[nH]c(=O)[nH]c1=O)N1CCC2(CC1)OCCO2. The number of amides is 1. The molecular weight excluding hydrogens is 266 g/mol. The van der Waals surface area contributed by atoms with Crippen LogP contribution in [0.4, 0.5) is 0 Å². The molecule has 1 spiro atoms. The monoisotopic (exact) mass is 281 g/mol. The summed E-state index contributed by atoms with van der Waals surface area (Å²) in [5.74, 6) is -0.955. The van der Waals surface area contributed by atoms with Gasteiger partial charge in [0.15, 0.2) is 5.79 Å². The molecule has 0 aromatic carbocycles. The minimum atomic E-state index is -0.674. The van der Waals surface area contributed by atoms with Crippen molar-refractivity contribution in [1.82, 2.24) is 14.9 Å². The molecule has 2 N–H and O–H groups in total. The maximum Gasteiger partial charge on any atom is 0.325 e. The lowest BCUT2D eigenvalue weighted by molar-refractivity contribution is -0.181. The quantitative estimate of drug-likeness (QED) is 0.690. The van der Waals surface area contributed by atoms with Gasteiger partial charge in [0.05, 0.1) is 13.2 Å². The van der Waals surface area contributed by atoms with Gasteiger partial charge in [-0.15, -0.1) is 0 Å². The molecule has 108 valence electrons. The molecule has 0 aliphatic carbocycles. The number of H-pyrrole nitrogens is 2. The molecule has 3 heterocycles. The van der Waals surface area contributed by atoms with Gasteiger partial charge in [-0.1, -0.05) is 0 Å². The second kappa shape index (κ2) is 4.88. The van der Waals surface area contributed by atoms with Crippen LogP contribution in [0.25, 0.3) is 0 Å². The van der Waals surface area contributed by atoms with E-state index in [9.17, 15) is 14.4 Å². The van der Waals surface area contributed by atoms with Gasteiger partial charge in [0.1, 0.15) is 5.56 Å². The standard InChI is InChI=1S/C12H15N3O5/c16-9-8(7-13-11(18)14-9)10(17)15-3-1-12(2-4-15)19-5-6-20-12/h7H,1-6H2,(H2,13,14,16,18). The third-order valence-electron chi connectivity index (χ3n) is 3.68. The van der Waals surface area contributed by atoms with Crippen LogP contribution in [0.5, 0.6) is 0 Å². The summed E-state index contributed by atoms with van der Waals surface area (Å²) in [4.78, 5) is 40.7. The molecular formula is C12H15N3O5.